The number of carbonyl (C=O) groups is 3. The minimum atomic E-state index is -4.24. The van der Waals surface area contributed by atoms with Crippen molar-refractivity contribution in [1.29, 1.82) is 0 Å². The molecule has 3 aromatic rings. The van der Waals surface area contributed by atoms with Crippen LogP contribution in [0.3, 0.4) is 0 Å². The second-order valence-corrected chi connectivity index (χ2v) is 12.1. The molecule has 0 fully saturated rings. The average molecular weight is 592 g/mol. The van der Waals surface area contributed by atoms with Crippen LogP contribution in [0, 0.1) is 5.92 Å². The van der Waals surface area contributed by atoms with E-state index in [0.29, 0.717) is 11.1 Å². The fraction of sp³-hybridized carbons (Fsp3) is 0.258. The molecule has 4 rings (SSSR count). The highest BCUT2D eigenvalue weighted by molar-refractivity contribution is 7.89. The first-order valence-corrected chi connectivity index (χ1v) is 14.8. The normalized spacial score (nSPS) is 17.0. The topological polar surface area (TPSA) is 136 Å². The van der Waals surface area contributed by atoms with Crippen LogP contribution in [-0.2, 0) is 30.8 Å². The first-order valence-electron chi connectivity index (χ1n) is 13.4. The number of carbonyl (C=O) groups excluding carboxylic acids is 2. The van der Waals surface area contributed by atoms with Gasteiger partial charge in [0.2, 0.25) is 5.91 Å². The molecule has 0 aliphatic carbocycles. The largest absolute Gasteiger partial charge is 0.479 e. The minimum Gasteiger partial charge on any atom is -0.479 e. The van der Waals surface area contributed by atoms with Crippen LogP contribution in [0.1, 0.15) is 31.9 Å². The summed E-state index contributed by atoms with van der Waals surface area (Å²) in [6.07, 6.45) is -0.868. The second kappa shape index (κ2) is 12.6. The average Bonchev–Trinajstić information content (AvgIpc) is 2.97. The molecule has 1 aliphatic rings. The summed E-state index contributed by atoms with van der Waals surface area (Å²) < 4.78 is 28.8. The molecule has 10 nitrogen and oxygen atoms in total. The summed E-state index contributed by atoms with van der Waals surface area (Å²) in [5.41, 5.74) is 1.05. The molecule has 11 heteroatoms. The Labute approximate surface area is 245 Å². The lowest BCUT2D eigenvalue weighted by Gasteiger charge is -2.47. The van der Waals surface area contributed by atoms with E-state index >= 15 is 0 Å². The van der Waals surface area contributed by atoms with E-state index in [2.05, 4.69) is 0 Å². The van der Waals surface area contributed by atoms with Crippen LogP contribution in [0.2, 0.25) is 0 Å². The Morgan fingerprint density at radius 3 is 1.93 bits per heavy atom. The van der Waals surface area contributed by atoms with Gasteiger partial charge in [0, 0.05) is 18.7 Å². The summed E-state index contributed by atoms with van der Waals surface area (Å²) >= 11 is 0. The third-order valence-corrected chi connectivity index (χ3v) is 8.75. The lowest BCUT2D eigenvalue weighted by atomic mass is 9.98. The highest BCUT2D eigenvalue weighted by Gasteiger charge is 2.48. The van der Waals surface area contributed by atoms with Crippen LogP contribution in [0.5, 0.6) is 0 Å². The number of amides is 2. The lowest BCUT2D eigenvalue weighted by Crippen LogP contribution is -2.64. The van der Waals surface area contributed by atoms with Crippen LogP contribution < -0.4 is 0 Å². The highest BCUT2D eigenvalue weighted by Crippen LogP contribution is 2.36. The molecule has 0 saturated heterocycles. The second-order valence-electron chi connectivity index (χ2n) is 10.3. The monoisotopic (exact) mass is 591 g/mol. The molecule has 3 aromatic carbocycles. The SMILES string of the molecule is CC(=O)N([C@@H](Cc1ccccc1)C(O)C(=O)O)N1C(=O)C(C(C)C)N(S(=O)(=O)c2ccccc2)C=C1c1ccccc1. The van der Waals surface area contributed by atoms with Gasteiger partial charge in [0.1, 0.15) is 6.04 Å². The van der Waals surface area contributed by atoms with Gasteiger partial charge < -0.3 is 10.2 Å². The van der Waals surface area contributed by atoms with Crippen molar-refractivity contribution in [2.24, 2.45) is 5.92 Å². The molecule has 2 amide bonds. The van der Waals surface area contributed by atoms with E-state index in [1.54, 1.807) is 92.7 Å². The van der Waals surface area contributed by atoms with Crippen molar-refractivity contribution in [1.82, 2.24) is 14.3 Å². The van der Waals surface area contributed by atoms with E-state index in [4.69, 9.17) is 0 Å². The van der Waals surface area contributed by atoms with Crippen LogP contribution in [0.25, 0.3) is 5.70 Å². The van der Waals surface area contributed by atoms with Gasteiger partial charge in [0.05, 0.1) is 16.6 Å². The molecule has 0 spiro atoms. The summed E-state index contributed by atoms with van der Waals surface area (Å²) in [4.78, 5) is 39.9. The van der Waals surface area contributed by atoms with Crippen molar-refractivity contribution < 1.29 is 33.0 Å². The van der Waals surface area contributed by atoms with E-state index < -0.39 is 51.9 Å². The fourth-order valence-electron chi connectivity index (χ4n) is 5.02. The van der Waals surface area contributed by atoms with Gasteiger partial charge in [-0.05, 0) is 30.0 Å². The number of hydrogen-bond donors (Lipinski definition) is 2. The molecule has 0 bridgehead atoms. The number of carboxylic acid groups (broad SMARTS) is 1. The van der Waals surface area contributed by atoms with Crippen molar-refractivity contribution >= 4 is 33.5 Å². The molecule has 220 valence electrons. The number of benzene rings is 3. The number of sulfonamides is 1. The number of aliphatic hydroxyl groups excluding tert-OH is 1. The number of nitrogens with zero attached hydrogens (tertiary/aromatic N) is 3. The molecule has 0 saturated carbocycles. The van der Waals surface area contributed by atoms with Crippen molar-refractivity contribution in [2.75, 3.05) is 0 Å². The number of hydrogen-bond acceptors (Lipinski definition) is 6. The predicted molar refractivity (Wildman–Crippen MR) is 155 cm³/mol. The van der Waals surface area contributed by atoms with Gasteiger partial charge in [-0.3, -0.25) is 13.9 Å². The van der Waals surface area contributed by atoms with Crippen molar-refractivity contribution in [3.8, 4) is 0 Å². The van der Waals surface area contributed by atoms with Gasteiger partial charge in [-0.15, -0.1) is 0 Å². The predicted octanol–water partition coefficient (Wildman–Crippen LogP) is 3.36. The molecule has 1 heterocycles. The maximum absolute atomic E-state index is 14.5. The molecule has 2 unspecified atom stereocenters. The maximum Gasteiger partial charge on any atom is 0.334 e. The zero-order valence-corrected chi connectivity index (χ0v) is 24.3. The molecule has 0 radical (unpaired) electrons. The van der Waals surface area contributed by atoms with Gasteiger partial charge in [-0.2, -0.15) is 0 Å². The summed E-state index contributed by atoms with van der Waals surface area (Å²) in [5, 5.41) is 22.7. The molecule has 0 aromatic heterocycles. The third kappa shape index (κ3) is 6.07. The van der Waals surface area contributed by atoms with Gasteiger partial charge >= 0.3 is 5.97 Å². The van der Waals surface area contributed by atoms with E-state index in [-0.39, 0.29) is 17.0 Å². The van der Waals surface area contributed by atoms with E-state index in [1.165, 1.54) is 25.3 Å². The Hall–Kier alpha value is -4.48. The molecular formula is C31H33N3O7S. The Kier molecular flexibility index (Phi) is 9.13. The summed E-state index contributed by atoms with van der Waals surface area (Å²) in [6, 6.07) is 22.1. The fourth-order valence-corrected chi connectivity index (χ4v) is 6.64. The highest BCUT2D eigenvalue weighted by atomic mass is 32.2. The van der Waals surface area contributed by atoms with Gasteiger partial charge in [-0.25, -0.2) is 23.2 Å². The quantitative estimate of drug-likeness (QED) is 0.369. The maximum atomic E-state index is 14.5. The van der Waals surface area contributed by atoms with E-state index in [1.807, 2.05) is 0 Å². The van der Waals surface area contributed by atoms with E-state index in [9.17, 15) is 33.0 Å². The Balaban J connectivity index is 1.97. The van der Waals surface area contributed by atoms with E-state index in [0.717, 1.165) is 14.3 Å². The number of carboxylic acids is 1. The number of rotatable bonds is 10. The number of aliphatic carboxylic acids is 1. The molecule has 2 N–H and O–H groups in total. The Morgan fingerprint density at radius 2 is 1.43 bits per heavy atom. The summed E-state index contributed by atoms with van der Waals surface area (Å²) in [6.45, 7) is 4.53. The van der Waals surface area contributed by atoms with Crippen molar-refractivity contribution in [3.63, 3.8) is 0 Å². The first-order chi connectivity index (χ1) is 19.9. The zero-order chi connectivity index (χ0) is 30.6. The Bertz CT molecular complexity index is 1560. The Morgan fingerprint density at radius 1 is 0.905 bits per heavy atom. The van der Waals surface area contributed by atoms with Crippen molar-refractivity contribution in [3.05, 3.63) is 108 Å². The number of aliphatic hydroxyl groups is 1. The van der Waals surface area contributed by atoms with Gasteiger partial charge in [0.25, 0.3) is 15.9 Å². The standard InChI is InChI=1S/C31H33N3O7S/c1-21(2)28-30(37)34(33(22(3)35)26(29(36)31(38)39)19-23-13-7-4-8-14-23)27(24-15-9-5-10-16-24)20-32(28)42(40,41)25-17-11-6-12-18-25/h4-18,20-21,26,28-29,36H,19H2,1-3H3,(H,38,39)/t26-,28?,29?/m0/s1. The van der Waals surface area contributed by atoms with Crippen LogP contribution in [-0.4, -0.2) is 68.9 Å². The summed E-state index contributed by atoms with van der Waals surface area (Å²) in [5.74, 6) is -3.62. The van der Waals surface area contributed by atoms with Crippen molar-refractivity contribution in [2.45, 2.75) is 50.3 Å². The smallest absolute Gasteiger partial charge is 0.334 e. The third-order valence-electron chi connectivity index (χ3n) is 6.99. The molecule has 3 atom stereocenters. The summed E-state index contributed by atoms with van der Waals surface area (Å²) in [7, 11) is -4.24. The minimum absolute atomic E-state index is 0.0211. The number of hydrazine groups is 1. The van der Waals surface area contributed by atoms with Crippen LogP contribution in [0.15, 0.2) is 102 Å². The zero-order valence-electron chi connectivity index (χ0n) is 23.4. The molecule has 1 aliphatic heterocycles. The van der Waals surface area contributed by atoms with Crippen LogP contribution in [0.4, 0.5) is 0 Å². The van der Waals surface area contributed by atoms with Gasteiger partial charge in [-0.1, -0.05) is 92.7 Å². The van der Waals surface area contributed by atoms with Gasteiger partial charge in [0.15, 0.2) is 6.10 Å². The molecular weight excluding hydrogens is 558 g/mol. The lowest BCUT2D eigenvalue weighted by molar-refractivity contribution is -0.173. The first kappa shape index (κ1) is 30.5. The molecule has 42 heavy (non-hydrogen) atoms. The van der Waals surface area contributed by atoms with Crippen LogP contribution >= 0.6 is 0 Å².